The molecule has 10 rings (SSSR count). The fourth-order valence-electron chi connectivity index (χ4n) is 7.51. The first-order valence-corrected chi connectivity index (χ1v) is 17.3. The Bertz CT molecular complexity index is 2560. The summed E-state index contributed by atoms with van der Waals surface area (Å²) in [5.74, 6) is 0.982. The molecule has 0 radical (unpaired) electrons. The quantitative estimate of drug-likeness (QED) is 0.187. The molecule has 0 aliphatic carbocycles. The molecule has 6 nitrogen and oxygen atoms in total. The Balaban J connectivity index is 1.02. The Hall–Kier alpha value is -6.66. The summed E-state index contributed by atoms with van der Waals surface area (Å²) < 4.78 is 8.86. The lowest BCUT2D eigenvalue weighted by Gasteiger charge is -2.32. The van der Waals surface area contributed by atoms with Crippen LogP contribution in [-0.2, 0) is 0 Å². The highest BCUT2D eigenvalue weighted by Gasteiger charge is 2.33. The van der Waals surface area contributed by atoms with Crippen LogP contribution in [-0.4, -0.2) is 28.0 Å². The lowest BCUT2D eigenvalue weighted by atomic mass is 9.93. The highest BCUT2D eigenvalue weighted by atomic mass is 16.5. The van der Waals surface area contributed by atoms with Gasteiger partial charge < -0.3 is 19.9 Å². The number of nitrogens with one attached hydrogen (secondary N) is 2. The van der Waals surface area contributed by atoms with Gasteiger partial charge in [-0.2, -0.15) is 0 Å². The Kier molecular flexibility index (Phi) is 6.91. The number of fused-ring (bicyclic) bond motifs is 5. The van der Waals surface area contributed by atoms with Crippen LogP contribution in [0, 0.1) is 0 Å². The maximum atomic E-state index is 6.52. The first-order chi connectivity index (χ1) is 25.3. The normalized spacial score (nSPS) is 17.7. The third-order valence-corrected chi connectivity index (χ3v) is 10.1. The lowest BCUT2D eigenvalue weighted by molar-refractivity contribution is 0.190. The molecular formula is C45H33N5O. The Morgan fingerprint density at radius 3 is 2.24 bits per heavy atom. The van der Waals surface area contributed by atoms with Gasteiger partial charge in [0.15, 0.2) is 6.10 Å². The van der Waals surface area contributed by atoms with Crippen molar-refractivity contribution in [1.82, 2.24) is 20.2 Å². The highest BCUT2D eigenvalue weighted by molar-refractivity contribution is 6.14. The van der Waals surface area contributed by atoms with Crippen molar-refractivity contribution in [2.24, 2.45) is 4.99 Å². The second-order valence-corrected chi connectivity index (χ2v) is 13.1. The number of allylic oxidation sites excluding steroid dienone is 1. The van der Waals surface area contributed by atoms with Crippen LogP contribution in [0.25, 0.3) is 44.3 Å². The Labute approximate surface area is 295 Å². The predicted octanol–water partition coefficient (Wildman–Crippen LogP) is 9.13. The summed E-state index contributed by atoms with van der Waals surface area (Å²) in [6.07, 6.45) is 11.9. The van der Waals surface area contributed by atoms with E-state index in [1.54, 1.807) is 0 Å². The maximum absolute atomic E-state index is 6.52. The van der Waals surface area contributed by atoms with Gasteiger partial charge in [-0.15, -0.1) is 0 Å². The minimum Gasteiger partial charge on any atom is -0.480 e. The zero-order valence-electron chi connectivity index (χ0n) is 27.7. The van der Waals surface area contributed by atoms with Crippen LogP contribution >= 0.6 is 0 Å². The van der Waals surface area contributed by atoms with Gasteiger partial charge in [0.2, 0.25) is 0 Å². The number of rotatable bonds is 6. The van der Waals surface area contributed by atoms with Crippen molar-refractivity contribution in [2.75, 3.05) is 6.54 Å². The monoisotopic (exact) mass is 659 g/mol. The molecule has 2 N–H and O–H groups in total. The van der Waals surface area contributed by atoms with Crippen molar-refractivity contribution in [3.63, 3.8) is 0 Å². The number of nitrogens with zero attached hydrogens (tertiary/aromatic N) is 3. The minimum absolute atomic E-state index is 0.0324. The molecule has 0 amide bonds. The van der Waals surface area contributed by atoms with Crippen LogP contribution in [0.2, 0.25) is 0 Å². The summed E-state index contributed by atoms with van der Waals surface area (Å²) in [5, 5.41) is 9.32. The number of aliphatic imine (C=N–C) groups is 1. The fraction of sp³-hybridized carbons (Fsp3) is 0.0667. The maximum Gasteiger partial charge on any atom is 0.152 e. The lowest BCUT2D eigenvalue weighted by Crippen LogP contribution is -2.33. The summed E-state index contributed by atoms with van der Waals surface area (Å²) >= 11 is 0. The number of aromatic nitrogens is 2. The summed E-state index contributed by atoms with van der Waals surface area (Å²) in [6.45, 7) is 0.781. The predicted molar refractivity (Wildman–Crippen MR) is 206 cm³/mol. The number of para-hydroxylation sites is 1. The van der Waals surface area contributed by atoms with Crippen molar-refractivity contribution in [2.45, 2.75) is 12.3 Å². The van der Waals surface area contributed by atoms with Gasteiger partial charge in [-0.05, 0) is 94.2 Å². The van der Waals surface area contributed by atoms with E-state index in [0.717, 1.165) is 73.6 Å². The molecular weight excluding hydrogens is 627 g/mol. The van der Waals surface area contributed by atoms with E-state index in [4.69, 9.17) is 9.73 Å². The molecule has 2 atom stereocenters. The fourth-order valence-corrected chi connectivity index (χ4v) is 7.51. The molecule has 5 aromatic carbocycles. The van der Waals surface area contributed by atoms with Crippen LogP contribution in [0.5, 0.6) is 5.75 Å². The second-order valence-electron chi connectivity index (χ2n) is 13.1. The van der Waals surface area contributed by atoms with E-state index in [2.05, 4.69) is 148 Å². The van der Waals surface area contributed by atoms with Gasteiger partial charge >= 0.3 is 0 Å². The van der Waals surface area contributed by atoms with Gasteiger partial charge in [-0.25, -0.2) is 0 Å². The van der Waals surface area contributed by atoms with Crippen molar-refractivity contribution >= 4 is 33.2 Å². The highest BCUT2D eigenvalue weighted by Crippen LogP contribution is 2.50. The van der Waals surface area contributed by atoms with Crippen molar-refractivity contribution in [1.29, 1.82) is 0 Å². The van der Waals surface area contributed by atoms with Gasteiger partial charge in [-0.1, -0.05) is 91.0 Å². The first kappa shape index (κ1) is 29.3. The summed E-state index contributed by atoms with van der Waals surface area (Å²) in [6, 6.07) is 45.1. The van der Waals surface area contributed by atoms with E-state index in [1.807, 2.05) is 36.8 Å². The molecule has 7 aromatic rings. The molecule has 5 heterocycles. The molecule has 0 spiro atoms. The summed E-state index contributed by atoms with van der Waals surface area (Å²) in [7, 11) is 0. The van der Waals surface area contributed by atoms with Crippen LogP contribution in [0.4, 0.5) is 0 Å². The van der Waals surface area contributed by atoms with E-state index < -0.39 is 0 Å². The summed E-state index contributed by atoms with van der Waals surface area (Å²) in [5.41, 5.74) is 13.4. The molecule has 6 heteroatoms. The number of pyridine rings is 1. The van der Waals surface area contributed by atoms with Crippen molar-refractivity contribution in [3.8, 4) is 22.6 Å². The third-order valence-electron chi connectivity index (χ3n) is 10.1. The van der Waals surface area contributed by atoms with Gasteiger partial charge in [0.05, 0.1) is 22.1 Å². The van der Waals surface area contributed by atoms with Crippen molar-refractivity contribution < 1.29 is 4.74 Å². The van der Waals surface area contributed by atoms with E-state index >= 15 is 0 Å². The topological polar surface area (TPSA) is 63.5 Å². The van der Waals surface area contributed by atoms with Crippen LogP contribution in [0.15, 0.2) is 175 Å². The molecule has 0 unspecified atom stereocenters. The first-order valence-electron chi connectivity index (χ1n) is 17.3. The average Bonchev–Trinajstić information content (AvgIpc) is 3.53. The number of ether oxygens (including phenoxy) is 1. The Morgan fingerprint density at radius 2 is 1.43 bits per heavy atom. The SMILES string of the molecule is C1=CC([C@H]2N=C(c3ccc(-n4c5ccccc5c5c6c(ccc54)[C@H](c4ccccc4)O6)cc3)C=C(c3ccc(-c4ccncc4)cc3)N2)=CCN1. The number of hydrogen-bond donors (Lipinski definition) is 2. The van der Waals surface area contributed by atoms with E-state index in [9.17, 15) is 0 Å². The minimum atomic E-state index is -0.201. The van der Waals surface area contributed by atoms with Gasteiger partial charge in [-0.3, -0.25) is 9.98 Å². The average molecular weight is 660 g/mol. The number of benzene rings is 5. The van der Waals surface area contributed by atoms with Gasteiger partial charge in [0.1, 0.15) is 11.9 Å². The molecule has 3 aliphatic rings. The Morgan fingerprint density at radius 1 is 0.686 bits per heavy atom. The zero-order valence-corrected chi connectivity index (χ0v) is 27.7. The molecule has 2 aromatic heterocycles. The number of hydrogen-bond acceptors (Lipinski definition) is 5. The molecule has 0 saturated heterocycles. The van der Waals surface area contributed by atoms with Gasteiger partial charge in [0.25, 0.3) is 0 Å². The summed E-state index contributed by atoms with van der Waals surface area (Å²) in [4.78, 5) is 9.39. The third kappa shape index (κ3) is 5.03. The standard InChI is InChI=1S/C45H33N5O/c1-2-6-33(7-3-1)43-37-18-19-41-42(44(37)51-43)36-8-4-5-9-40(36)50(41)35-16-14-32(15-17-35)39-28-38(48-45(49-39)34-22-26-47-27-23-34)31-12-10-29(11-13-31)30-20-24-46-25-21-30/h1-26,28,43,45,47-48H,27H2/t43-,45+/m0/s1. The van der Waals surface area contributed by atoms with E-state index in [-0.39, 0.29) is 12.3 Å². The van der Waals surface area contributed by atoms with Crippen LogP contribution in [0.3, 0.4) is 0 Å². The zero-order chi connectivity index (χ0) is 33.7. The molecule has 244 valence electrons. The number of dihydropyridines is 1. The van der Waals surface area contributed by atoms with E-state index in [0.29, 0.717) is 0 Å². The van der Waals surface area contributed by atoms with Crippen LogP contribution in [0.1, 0.15) is 28.4 Å². The van der Waals surface area contributed by atoms with Crippen LogP contribution < -0.4 is 15.4 Å². The molecule has 0 fully saturated rings. The second kappa shape index (κ2) is 12.0. The smallest absolute Gasteiger partial charge is 0.152 e. The van der Waals surface area contributed by atoms with Crippen molar-refractivity contribution in [3.05, 3.63) is 192 Å². The van der Waals surface area contributed by atoms with E-state index in [1.165, 1.54) is 16.5 Å². The molecule has 3 aliphatic heterocycles. The molecule has 0 saturated carbocycles. The largest absolute Gasteiger partial charge is 0.480 e. The molecule has 0 bridgehead atoms. The van der Waals surface area contributed by atoms with Gasteiger partial charge in [0, 0.05) is 41.3 Å². The molecule has 51 heavy (non-hydrogen) atoms.